The van der Waals surface area contributed by atoms with Crippen LogP contribution in [0.4, 0.5) is 0 Å². The molecule has 0 bridgehead atoms. The van der Waals surface area contributed by atoms with Crippen molar-refractivity contribution in [3.8, 4) is 23.0 Å². The van der Waals surface area contributed by atoms with E-state index in [1.54, 1.807) is 28.4 Å². The summed E-state index contributed by atoms with van der Waals surface area (Å²) in [6.07, 6.45) is 7.86. The Morgan fingerprint density at radius 1 is 0.676 bits per heavy atom. The lowest BCUT2D eigenvalue weighted by molar-refractivity contribution is -0.0135. The molecule has 0 saturated carbocycles. The predicted octanol–water partition coefficient (Wildman–Crippen LogP) is 5.73. The second-order valence-corrected chi connectivity index (χ2v) is 9.00. The fourth-order valence-corrected chi connectivity index (χ4v) is 4.92. The molecule has 1 saturated heterocycles. The van der Waals surface area contributed by atoms with Gasteiger partial charge < -0.3 is 18.9 Å². The summed E-state index contributed by atoms with van der Waals surface area (Å²) in [6, 6.07) is 12.6. The third-order valence-electron chi connectivity index (χ3n) is 6.72. The van der Waals surface area contributed by atoms with Crippen molar-refractivity contribution in [2.75, 3.05) is 41.5 Å². The molecule has 6 heteroatoms. The van der Waals surface area contributed by atoms with E-state index in [2.05, 4.69) is 41.0 Å². The third kappa shape index (κ3) is 6.80. The molecule has 1 fully saturated rings. The maximum Gasteiger partial charge on any atom is 0.161 e. The van der Waals surface area contributed by atoms with E-state index in [0.717, 1.165) is 55.6 Å². The van der Waals surface area contributed by atoms with Crippen molar-refractivity contribution in [2.24, 2.45) is 0 Å². The summed E-state index contributed by atoms with van der Waals surface area (Å²) in [7, 11) is 6.76. The van der Waals surface area contributed by atoms with Gasteiger partial charge in [-0.15, -0.1) is 0 Å². The lowest BCUT2D eigenvalue weighted by Gasteiger charge is -2.44. The van der Waals surface area contributed by atoms with Gasteiger partial charge in [-0.3, -0.25) is 9.80 Å². The lowest BCUT2D eigenvalue weighted by atomic mass is 10.0. The van der Waals surface area contributed by atoms with Gasteiger partial charge in [0.05, 0.1) is 34.6 Å². The quantitative estimate of drug-likeness (QED) is 0.349. The van der Waals surface area contributed by atoms with Gasteiger partial charge in [-0.1, -0.05) is 44.7 Å². The highest BCUT2D eigenvalue weighted by atomic mass is 16.5. The third-order valence-corrected chi connectivity index (χ3v) is 6.72. The van der Waals surface area contributed by atoms with Gasteiger partial charge in [-0.2, -0.15) is 0 Å². The van der Waals surface area contributed by atoms with E-state index in [4.69, 9.17) is 18.9 Å². The second kappa shape index (κ2) is 13.4. The van der Waals surface area contributed by atoms with E-state index >= 15 is 0 Å². The summed E-state index contributed by atoms with van der Waals surface area (Å²) in [6.45, 7) is 6.29. The normalized spacial score (nSPS) is 15.3. The van der Waals surface area contributed by atoms with E-state index in [1.807, 2.05) is 12.1 Å². The van der Waals surface area contributed by atoms with Gasteiger partial charge in [-0.05, 0) is 48.2 Å². The number of hydrogen-bond donors (Lipinski definition) is 0. The van der Waals surface area contributed by atoms with E-state index < -0.39 is 0 Å². The van der Waals surface area contributed by atoms with Crippen LogP contribution < -0.4 is 18.9 Å². The Hall–Kier alpha value is -2.44. The fourth-order valence-electron chi connectivity index (χ4n) is 4.92. The predicted molar refractivity (Wildman–Crippen MR) is 137 cm³/mol. The second-order valence-electron chi connectivity index (χ2n) is 9.00. The van der Waals surface area contributed by atoms with E-state index in [0.29, 0.717) is 6.17 Å². The van der Waals surface area contributed by atoms with E-state index in [1.165, 1.54) is 43.2 Å². The molecule has 0 aromatic heterocycles. The Morgan fingerprint density at radius 3 is 1.62 bits per heavy atom. The molecule has 0 amide bonds. The first-order chi connectivity index (χ1) is 16.6. The molecule has 188 valence electrons. The van der Waals surface area contributed by atoms with Crippen molar-refractivity contribution in [3.05, 3.63) is 47.5 Å². The monoisotopic (exact) mass is 470 g/mol. The zero-order valence-corrected chi connectivity index (χ0v) is 21.6. The van der Waals surface area contributed by atoms with Gasteiger partial charge in [0, 0.05) is 26.2 Å². The highest BCUT2D eigenvalue weighted by Gasteiger charge is 2.29. The zero-order valence-electron chi connectivity index (χ0n) is 21.6. The number of benzene rings is 2. The number of methoxy groups -OCH3 is 4. The van der Waals surface area contributed by atoms with Crippen molar-refractivity contribution in [2.45, 2.75) is 64.7 Å². The van der Waals surface area contributed by atoms with E-state index in [-0.39, 0.29) is 0 Å². The van der Waals surface area contributed by atoms with Crippen LogP contribution in [-0.2, 0) is 13.1 Å². The van der Waals surface area contributed by atoms with Gasteiger partial charge in [0.1, 0.15) is 0 Å². The first kappa shape index (κ1) is 26.2. The number of nitrogens with zero attached hydrogens (tertiary/aromatic N) is 2. The molecular weight excluding hydrogens is 428 g/mol. The molecule has 2 aromatic carbocycles. The molecule has 6 nitrogen and oxygen atoms in total. The van der Waals surface area contributed by atoms with Crippen molar-refractivity contribution in [3.63, 3.8) is 0 Å². The first-order valence-electron chi connectivity index (χ1n) is 12.5. The van der Waals surface area contributed by atoms with Crippen LogP contribution in [0.5, 0.6) is 23.0 Å². The summed E-state index contributed by atoms with van der Waals surface area (Å²) >= 11 is 0. The largest absolute Gasteiger partial charge is 0.493 e. The Morgan fingerprint density at radius 2 is 1.18 bits per heavy atom. The molecule has 0 unspecified atom stereocenters. The Bertz CT molecular complexity index is 823. The average molecular weight is 471 g/mol. The van der Waals surface area contributed by atoms with Crippen molar-refractivity contribution in [1.29, 1.82) is 0 Å². The first-order valence-corrected chi connectivity index (χ1v) is 12.5. The highest BCUT2D eigenvalue weighted by molar-refractivity contribution is 5.43. The maximum atomic E-state index is 5.55. The molecule has 3 rings (SSSR count). The molecule has 2 aromatic rings. The SMILES string of the molecule is CCCCCCC1N(Cc2ccc(OC)c(OC)c2)CCCN1Cc1ccc(OC)c(OC)c1. The van der Waals surface area contributed by atoms with Crippen LogP contribution in [0.2, 0.25) is 0 Å². The summed E-state index contributed by atoms with van der Waals surface area (Å²) in [5.74, 6) is 3.13. The van der Waals surface area contributed by atoms with Crippen LogP contribution in [0.3, 0.4) is 0 Å². The maximum absolute atomic E-state index is 5.55. The van der Waals surface area contributed by atoms with Crippen molar-refractivity contribution < 1.29 is 18.9 Å². The Kier molecular flexibility index (Phi) is 10.4. The minimum absolute atomic E-state index is 0.409. The average Bonchev–Trinajstić information content (AvgIpc) is 2.87. The van der Waals surface area contributed by atoms with Gasteiger partial charge in [0.25, 0.3) is 0 Å². The zero-order chi connectivity index (χ0) is 24.3. The molecule has 1 aliphatic rings. The number of unbranched alkanes of at least 4 members (excludes halogenated alkanes) is 3. The summed E-state index contributed by atoms with van der Waals surface area (Å²) in [4.78, 5) is 5.27. The van der Waals surface area contributed by atoms with Crippen LogP contribution >= 0.6 is 0 Å². The molecule has 1 aliphatic heterocycles. The minimum Gasteiger partial charge on any atom is -0.493 e. The van der Waals surface area contributed by atoms with Crippen molar-refractivity contribution in [1.82, 2.24) is 9.80 Å². The molecule has 0 N–H and O–H groups in total. The summed E-state index contributed by atoms with van der Waals surface area (Å²) in [5.41, 5.74) is 2.51. The molecule has 0 aliphatic carbocycles. The van der Waals surface area contributed by atoms with Gasteiger partial charge in [0.15, 0.2) is 23.0 Å². The van der Waals surface area contributed by atoms with Crippen molar-refractivity contribution >= 4 is 0 Å². The number of ether oxygens (including phenoxy) is 4. The molecule has 0 radical (unpaired) electrons. The van der Waals surface area contributed by atoms with Gasteiger partial charge in [0.2, 0.25) is 0 Å². The standard InChI is InChI=1S/C28H42N2O4/c1-6-7-8-9-11-28-29(20-22-12-14-24(31-2)26(18-22)33-4)16-10-17-30(28)21-23-13-15-25(32-3)27(19-23)34-5/h12-15,18-19,28H,6-11,16-17,20-21H2,1-5H3. The Balaban J connectivity index is 1.78. The smallest absolute Gasteiger partial charge is 0.161 e. The van der Waals surface area contributed by atoms with Crippen LogP contribution in [0.25, 0.3) is 0 Å². The topological polar surface area (TPSA) is 43.4 Å². The van der Waals surface area contributed by atoms with Crippen LogP contribution in [-0.4, -0.2) is 57.5 Å². The summed E-state index contributed by atoms with van der Waals surface area (Å²) in [5, 5.41) is 0. The molecule has 34 heavy (non-hydrogen) atoms. The molecule has 0 spiro atoms. The summed E-state index contributed by atoms with van der Waals surface area (Å²) < 4.78 is 22.0. The molecule has 1 heterocycles. The van der Waals surface area contributed by atoms with Gasteiger partial charge in [-0.25, -0.2) is 0 Å². The molecule has 0 atom stereocenters. The van der Waals surface area contributed by atoms with Crippen LogP contribution in [0.1, 0.15) is 56.6 Å². The van der Waals surface area contributed by atoms with Crippen LogP contribution in [0.15, 0.2) is 36.4 Å². The van der Waals surface area contributed by atoms with Crippen LogP contribution in [0, 0.1) is 0 Å². The minimum atomic E-state index is 0.409. The molecular formula is C28H42N2O4. The number of hydrogen-bond acceptors (Lipinski definition) is 6. The lowest BCUT2D eigenvalue weighted by Crippen LogP contribution is -2.52. The van der Waals surface area contributed by atoms with Gasteiger partial charge >= 0.3 is 0 Å². The Labute approximate surface area is 205 Å². The van der Waals surface area contributed by atoms with E-state index in [9.17, 15) is 0 Å². The number of rotatable bonds is 13. The highest BCUT2D eigenvalue weighted by Crippen LogP contribution is 2.32. The fraction of sp³-hybridized carbons (Fsp3) is 0.571.